The Kier molecular flexibility index (Phi) is 3.83. The third-order valence-corrected chi connectivity index (χ3v) is 4.20. The molecular formula is C14H19F2N5O2. The molecule has 7 nitrogen and oxygen atoms in total. The van der Waals surface area contributed by atoms with Gasteiger partial charge in [-0.1, -0.05) is 0 Å². The summed E-state index contributed by atoms with van der Waals surface area (Å²) in [6.45, 7) is 1.77. The van der Waals surface area contributed by atoms with Crippen molar-refractivity contribution in [2.24, 2.45) is 7.05 Å². The number of hydrogen-bond donors (Lipinski definition) is 2. The number of aromatic nitrogens is 2. The number of hydrogen-bond acceptors (Lipinski definition) is 4. The number of carbonyl (C=O) groups excluding carboxylic acids is 2. The molecule has 23 heavy (non-hydrogen) atoms. The van der Waals surface area contributed by atoms with Gasteiger partial charge in [-0.05, 0) is 13.3 Å². The summed E-state index contributed by atoms with van der Waals surface area (Å²) in [7, 11) is 1.74. The van der Waals surface area contributed by atoms with E-state index in [4.69, 9.17) is 0 Å². The van der Waals surface area contributed by atoms with Crippen LogP contribution in [0.25, 0.3) is 0 Å². The number of rotatable bonds is 3. The first kappa shape index (κ1) is 15.9. The van der Waals surface area contributed by atoms with Gasteiger partial charge in [-0.2, -0.15) is 5.10 Å². The fraction of sp³-hybridized carbons (Fsp3) is 0.643. The van der Waals surface area contributed by atoms with Gasteiger partial charge in [-0.15, -0.1) is 0 Å². The Hall–Kier alpha value is -2.03. The molecule has 1 aromatic heterocycles. The van der Waals surface area contributed by atoms with Crippen LogP contribution in [0.1, 0.15) is 18.5 Å². The lowest BCUT2D eigenvalue weighted by Gasteiger charge is -2.18. The monoisotopic (exact) mass is 327 g/mol. The number of carbonyl (C=O) groups is 2. The van der Waals surface area contributed by atoms with Gasteiger partial charge < -0.3 is 5.32 Å². The number of aryl methyl sites for hydroxylation is 2. The van der Waals surface area contributed by atoms with Gasteiger partial charge in [0.25, 0.3) is 11.8 Å². The first-order chi connectivity index (χ1) is 10.8. The van der Waals surface area contributed by atoms with E-state index in [-0.39, 0.29) is 5.91 Å². The molecule has 2 saturated heterocycles. The molecule has 3 heterocycles. The number of amides is 2. The van der Waals surface area contributed by atoms with Crippen LogP contribution < -0.4 is 15.5 Å². The molecule has 0 aliphatic carbocycles. The van der Waals surface area contributed by atoms with Crippen molar-refractivity contribution in [1.29, 1.82) is 0 Å². The Balaban J connectivity index is 1.63. The summed E-state index contributed by atoms with van der Waals surface area (Å²) < 4.78 is 27.9. The van der Waals surface area contributed by atoms with E-state index >= 15 is 0 Å². The third kappa shape index (κ3) is 3.05. The highest BCUT2D eigenvalue weighted by molar-refractivity contribution is 6.01. The molecule has 2 atom stereocenters. The first-order valence-corrected chi connectivity index (χ1v) is 7.50. The highest BCUT2D eigenvalue weighted by atomic mass is 19.3. The second-order valence-corrected chi connectivity index (χ2v) is 6.10. The maximum Gasteiger partial charge on any atom is 0.262 e. The van der Waals surface area contributed by atoms with Crippen LogP contribution in [-0.2, 0) is 16.6 Å². The van der Waals surface area contributed by atoms with E-state index in [0.717, 1.165) is 5.69 Å². The molecule has 2 aliphatic heterocycles. The second kappa shape index (κ2) is 5.55. The summed E-state index contributed by atoms with van der Waals surface area (Å²) in [5.41, 5.74) is 0.792. The highest BCUT2D eigenvalue weighted by Gasteiger charge is 2.44. The lowest BCUT2D eigenvalue weighted by atomic mass is 10.1. The number of nitrogens with one attached hydrogen (secondary N) is 2. The van der Waals surface area contributed by atoms with Crippen LogP contribution in [-0.4, -0.2) is 52.7 Å². The molecule has 0 spiro atoms. The Bertz CT molecular complexity index is 645. The van der Waals surface area contributed by atoms with Crippen molar-refractivity contribution in [1.82, 2.24) is 20.4 Å². The molecule has 0 saturated carbocycles. The maximum atomic E-state index is 13.1. The molecule has 2 amide bonds. The molecule has 2 fully saturated rings. The minimum Gasteiger partial charge on any atom is -0.343 e. The summed E-state index contributed by atoms with van der Waals surface area (Å²) in [6.07, 6.45) is -0.0949. The van der Waals surface area contributed by atoms with Crippen LogP contribution in [0.3, 0.4) is 0 Å². The van der Waals surface area contributed by atoms with Gasteiger partial charge in [0.1, 0.15) is 11.9 Å². The van der Waals surface area contributed by atoms with Crippen molar-refractivity contribution in [2.75, 3.05) is 18.0 Å². The van der Waals surface area contributed by atoms with E-state index in [1.54, 1.807) is 22.7 Å². The van der Waals surface area contributed by atoms with E-state index in [1.165, 1.54) is 0 Å². The Morgan fingerprint density at radius 2 is 2.26 bits per heavy atom. The van der Waals surface area contributed by atoms with Crippen LogP contribution in [0.15, 0.2) is 6.07 Å². The Morgan fingerprint density at radius 3 is 2.83 bits per heavy atom. The van der Waals surface area contributed by atoms with Gasteiger partial charge in [0, 0.05) is 26.1 Å². The predicted octanol–water partition coefficient (Wildman–Crippen LogP) is -0.0528. The van der Waals surface area contributed by atoms with E-state index in [0.29, 0.717) is 18.8 Å². The fourth-order valence-corrected chi connectivity index (χ4v) is 3.06. The quantitative estimate of drug-likeness (QED) is 0.816. The van der Waals surface area contributed by atoms with Crippen LogP contribution in [0, 0.1) is 6.92 Å². The first-order valence-electron chi connectivity index (χ1n) is 7.50. The van der Waals surface area contributed by atoms with Crippen molar-refractivity contribution in [2.45, 2.75) is 37.8 Å². The van der Waals surface area contributed by atoms with Crippen LogP contribution >= 0.6 is 0 Å². The largest absolute Gasteiger partial charge is 0.343 e. The minimum atomic E-state index is -2.88. The van der Waals surface area contributed by atoms with E-state index in [2.05, 4.69) is 15.7 Å². The van der Waals surface area contributed by atoms with Gasteiger partial charge in [0.15, 0.2) is 0 Å². The topological polar surface area (TPSA) is 79.3 Å². The zero-order chi connectivity index (χ0) is 16.8. The van der Waals surface area contributed by atoms with Crippen molar-refractivity contribution in [3.63, 3.8) is 0 Å². The standard InChI is InChI=1S/C14H19F2N5O2/c1-8-5-11(20(2)19-8)21-4-3-9(13(21)23)18-12(22)10-6-14(15,16)7-17-10/h5,9-10,17H,3-4,6-7H2,1-2H3,(H,18,22). The number of nitrogens with zero attached hydrogens (tertiary/aromatic N) is 3. The zero-order valence-electron chi connectivity index (χ0n) is 13.0. The summed E-state index contributed by atoms with van der Waals surface area (Å²) in [4.78, 5) is 26.1. The Morgan fingerprint density at radius 1 is 1.52 bits per heavy atom. The molecule has 9 heteroatoms. The average molecular weight is 327 g/mol. The second-order valence-electron chi connectivity index (χ2n) is 6.10. The average Bonchev–Trinajstić information content (AvgIpc) is 3.09. The summed E-state index contributed by atoms with van der Waals surface area (Å²) in [5, 5.41) is 9.27. The van der Waals surface area contributed by atoms with E-state index in [1.807, 2.05) is 6.92 Å². The van der Waals surface area contributed by atoms with E-state index < -0.39 is 36.9 Å². The SMILES string of the molecule is Cc1cc(N2CCC(NC(=O)C3CC(F)(F)CN3)C2=O)n(C)n1. The summed E-state index contributed by atoms with van der Waals surface area (Å²) >= 11 is 0. The van der Waals surface area contributed by atoms with E-state index in [9.17, 15) is 18.4 Å². The van der Waals surface area contributed by atoms with Crippen molar-refractivity contribution < 1.29 is 18.4 Å². The lowest BCUT2D eigenvalue weighted by molar-refractivity contribution is -0.128. The van der Waals surface area contributed by atoms with Crippen LogP contribution in [0.4, 0.5) is 14.6 Å². The van der Waals surface area contributed by atoms with Crippen molar-refractivity contribution in [3.05, 3.63) is 11.8 Å². The highest BCUT2D eigenvalue weighted by Crippen LogP contribution is 2.26. The van der Waals surface area contributed by atoms with Crippen LogP contribution in [0.2, 0.25) is 0 Å². The number of anilines is 1. The molecule has 2 unspecified atom stereocenters. The third-order valence-electron chi connectivity index (χ3n) is 4.20. The Labute approximate surface area is 132 Å². The van der Waals surface area contributed by atoms with Gasteiger partial charge in [0.2, 0.25) is 5.91 Å². The maximum absolute atomic E-state index is 13.1. The lowest BCUT2D eigenvalue weighted by Crippen LogP contribution is -2.48. The molecule has 0 radical (unpaired) electrons. The summed E-state index contributed by atoms with van der Waals surface area (Å²) in [5.74, 6) is -3.01. The van der Waals surface area contributed by atoms with Gasteiger partial charge in [-0.3, -0.25) is 24.5 Å². The summed E-state index contributed by atoms with van der Waals surface area (Å²) in [6, 6.07) is 0.154. The normalized spacial score (nSPS) is 26.8. The van der Waals surface area contributed by atoms with Crippen molar-refractivity contribution in [3.8, 4) is 0 Å². The molecule has 3 rings (SSSR count). The van der Waals surface area contributed by atoms with Crippen LogP contribution in [0.5, 0.6) is 0 Å². The smallest absolute Gasteiger partial charge is 0.262 e. The molecule has 2 aliphatic rings. The molecule has 0 bridgehead atoms. The van der Waals surface area contributed by atoms with Gasteiger partial charge >= 0.3 is 0 Å². The molecule has 0 aromatic carbocycles. The number of alkyl halides is 2. The molecule has 126 valence electrons. The zero-order valence-corrected chi connectivity index (χ0v) is 13.0. The molecule has 1 aromatic rings. The van der Waals surface area contributed by atoms with Gasteiger partial charge in [0.05, 0.1) is 18.3 Å². The predicted molar refractivity (Wildman–Crippen MR) is 78.2 cm³/mol. The number of halogens is 2. The minimum absolute atomic E-state index is 0.244. The van der Waals surface area contributed by atoms with Crippen molar-refractivity contribution >= 4 is 17.6 Å². The fourth-order valence-electron chi connectivity index (χ4n) is 3.06. The van der Waals surface area contributed by atoms with Gasteiger partial charge in [-0.25, -0.2) is 8.78 Å². The molecule has 2 N–H and O–H groups in total. The molecular weight excluding hydrogens is 308 g/mol.